The number of hydrogen-bond acceptors (Lipinski definition) is 4. The van der Waals surface area contributed by atoms with Crippen molar-refractivity contribution in [1.82, 2.24) is 0 Å². The molecule has 255 valence electrons. The molecule has 0 N–H and O–H groups in total. The van der Waals surface area contributed by atoms with Crippen LogP contribution >= 0.6 is 8.58 Å². The van der Waals surface area contributed by atoms with Gasteiger partial charge in [-0.3, -0.25) is 4.79 Å². The average molecular weight is 648 g/mol. The van der Waals surface area contributed by atoms with Gasteiger partial charge in [-0.2, -0.15) is 0 Å². The third-order valence-electron chi connectivity index (χ3n) is 9.25. The topological polar surface area (TPSA) is 44.8 Å². The maximum absolute atomic E-state index is 14.1. The molecular formula is C40H65LiO4P. The van der Waals surface area contributed by atoms with Crippen molar-refractivity contribution in [1.29, 1.82) is 0 Å². The van der Waals surface area contributed by atoms with Crippen LogP contribution in [0.25, 0.3) is 0 Å². The fraction of sp³-hybridized carbons (Fsp3) is 0.675. The van der Waals surface area contributed by atoms with Gasteiger partial charge in [0.25, 0.3) is 0 Å². The standard InChI is InChI=1S/C40H65O4P.Li/c1-10-16-19-32(13-4)26-42-35-24-36(43-27-33(14-5)20-17-11-2)39(37(25-35)44-28-34(15-6)21-18-12-3)45-40(41)38-30(8)22-29(7)23-31(38)9;/h22-25,32-34,45H,10-21,26-28H2,1-9H3;. The van der Waals surface area contributed by atoms with Crippen LogP contribution in [0.3, 0.4) is 0 Å². The normalized spacial score (nSPS) is 13.3. The first-order valence-electron chi connectivity index (χ1n) is 18.2. The molecule has 0 aliphatic rings. The minimum atomic E-state index is -0.0977. The van der Waals surface area contributed by atoms with Crippen molar-refractivity contribution in [3.63, 3.8) is 0 Å². The van der Waals surface area contributed by atoms with Crippen LogP contribution in [0.4, 0.5) is 0 Å². The number of carbonyl (C=O) groups is 1. The summed E-state index contributed by atoms with van der Waals surface area (Å²) in [7, 11) is -0.0977. The average Bonchev–Trinajstić information content (AvgIpc) is 3.01. The van der Waals surface area contributed by atoms with E-state index in [2.05, 4.69) is 60.6 Å². The van der Waals surface area contributed by atoms with Gasteiger partial charge in [0, 0.05) is 36.6 Å². The summed E-state index contributed by atoms with van der Waals surface area (Å²) in [5, 5.41) is 0.875. The Kier molecular flexibility index (Phi) is 22.0. The number of carbonyl (C=O) groups excluding carboxylic acids is 1. The Hall–Kier alpha value is -1.46. The van der Waals surface area contributed by atoms with E-state index in [1.807, 2.05) is 26.0 Å². The van der Waals surface area contributed by atoms with Gasteiger partial charge in [0.1, 0.15) is 17.2 Å². The second-order valence-corrected chi connectivity index (χ2v) is 14.4. The van der Waals surface area contributed by atoms with Crippen molar-refractivity contribution in [2.45, 2.75) is 139 Å². The molecule has 2 aromatic rings. The largest absolute Gasteiger partial charge is 0.493 e. The number of hydrogen-bond donors (Lipinski definition) is 0. The van der Waals surface area contributed by atoms with E-state index in [0.29, 0.717) is 37.6 Å². The third kappa shape index (κ3) is 14.3. The summed E-state index contributed by atoms with van der Waals surface area (Å²) < 4.78 is 19.8. The van der Waals surface area contributed by atoms with Crippen LogP contribution in [-0.2, 0) is 0 Å². The summed E-state index contributed by atoms with van der Waals surface area (Å²) in [5.41, 5.74) is 4.20. The third-order valence-corrected chi connectivity index (χ3v) is 10.5. The molecular weight excluding hydrogens is 582 g/mol. The molecule has 0 saturated heterocycles. The van der Waals surface area contributed by atoms with Crippen molar-refractivity contribution < 1.29 is 19.0 Å². The molecule has 4 atom stereocenters. The van der Waals surface area contributed by atoms with Gasteiger partial charge in [-0.25, -0.2) is 0 Å². The van der Waals surface area contributed by atoms with E-state index in [4.69, 9.17) is 14.2 Å². The van der Waals surface area contributed by atoms with Gasteiger partial charge < -0.3 is 14.2 Å². The van der Waals surface area contributed by atoms with Gasteiger partial charge >= 0.3 is 0 Å². The van der Waals surface area contributed by atoms with Gasteiger partial charge in [0.05, 0.1) is 25.1 Å². The fourth-order valence-electron chi connectivity index (χ4n) is 6.04. The molecule has 0 amide bonds. The molecule has 0 bridgehead atoms. The smallest absolute Gasteiger partial charge is 0.186 e. The van der Waals surface area contributed by atoms with E-state index >= 15 is 0 Å². The van der Waals surface area contributed by atoms with Gasteiger partial charge in [0.15, 0.2) is 5.52 Å². The molecule has 46 heavy (non-hydrogen) atoms. The summed E-state index contributed by atoms with van der Waals surface area (Å²) in [6, 6.07) is 8.28. The summed E-state index contributed by atoms with van der Waals surface area (Å²) in [5.74, 6) is 3.74. The molecule has 0 spiro atoms. The molecule has 1 radical (unpaired) electrons. The molecule has 0 heterocycles. The molecule has 6 heteroatoms. The van der Waals surface area contributed by atoms with Crippen molar-refractivity contribution in [2.24, 2.45) is 17.8 Å². The van der Waals surface area contributed by atoms with Crippen LogP contribution in [0.2, 0.25) is 0 Å². The number of benzene rings is 2. The fourth-order valence-corrected chi connectivity index (χ4v) is 7.32. The first kappa shape index (κ1) is 42.6. The van der Waals surface area contributed by atoms with Crippen LogP contribution in [0, 0.1) is 38.5 Å². The van der Waals surface area contributed by atoms with Gasteiger partial charge in [-0.15, -0.1) is 0 Å². The van der Waals surface area contributed by atoms with Crippen LogP contribution in [-0.4, -0.2) is 44.2 Å². The monoisotopic (exact) mass is 647 g/mol. The zero-order chi connectivity index (χ0) is 33.2. The van der Waals surface area contributed by atoms with Crippen LogP contribution in [0.5, 0.6) is 17.2 Å². The van der Waals surface area contributed by atoms with Crippen molar-refractivity contribution >= 4 is 38.3 Å². The first-order valence-corrected chi connectivity index (χ1v) is 19.2. The molecule has 4 nitrogen and oxygen atoms in total. The summed E-state index contributed by atoms with van der Waals surface area (Å²) >= 11 is 0. The summed E-state index contributed by atoms with van der Waals surface area (Å²) in [4.78, 5) is 14.1. The SMILES string of the molecule is CCCCC(CC)COc1cc(OCC(CC)CCCC)c(PC(=O)c2c(C)cc(C)cc2C)c(OCC(CC)CCCC)c1.[Li]. The van der Waals surface area contributed by atoms with E-state index < -0.39 is 0 Å². The Labute approximate surface area is 296 Å². The van der Waals surface area contributed by atoms with E-state index in [0.717, 1.165) is 71.3 Å². The van der Waals surface area contributed by atoms with Gasteiger partial charge in [0.2, 0.25) is 0 Å². The zero-order valence-electron chi connectivity index (χ0n) is 31.3. The van der Waals surface area contributed by atoms with Gasteiger partial charge in [-0.05, 0) is 77.5 Å². The van der Waals surface area contributed by atoms with Crippen molar-refractivity contribution in [2.75, 3.05) is 19.8 Å². The van der Waals surface area contributed by atoms with Crippen LogP contribution in [0.15, 0.2) is 24.3 Å². The van der Waals surface area contributed by atoms with Crippen molar-refractivity contribution in [3.8, 4) is 17.2 Å². The number of rotatable bonds is 24. The van der Waals surface area contributed by atoms with Crippen LogP contribution < -0.4 is 19.5 Å². The summed E-state index contributed by atoms with van der Waals surface area (Å²) in [6.45, 7) is 21.6. The van der Waals surface area contributed by atoms with E-state index in [-0.39, 0.29) is 33.0 Å². The maximum atomic E-state index is 14.1. The molecule has 0 saturated carbocycles. The van der Waals surface area contributed by atoms with Crippen LogP contribution in [0.1, 0.15) is 146 Å². The Morgan fingerprint density at radius 1 is 0.630 bits per heavy atom. The first-order chi connectivity index (χ1) is 21.7. The van der Waals surface area contributed by atoms with Gasteiger partial charge in [-0.1, -0.05) is 117 Å². The van der Waals surface area contributed by atoms with E-state index in [1.165, 1.54) is 50.5 Å². The number of aryl methyl sites for hydroxylation is 3. The van der Waals surface area contributed by atoms with Crippen molar-refractivity contribution in [3.05, 3.63) is 46.5 Å². The Morgan fingerprint density at radius 2 is 1.02 bits per heavy atom. The molecule has 2 aromatic carbocycles. The molecule has 4 unspecified atom stereocenters. The number of unbranched alkanes of at least 4 members (excludes halogenated alkanes) is 3. The Morgan fingerprint density at radius 3 is 1.39 bits per heavy atom. The Balaban J connectivity index is 0.0000106. The minimum absolute atomic E-state index is 0. The molecule has 0 aliphatic carbocycles. The molecule has 0 aromatic heterocycles. The number of ether oxygens (including phenoxy) is 3. The molecule has 2 rings (SSSR count). The predicted molar refractivity (Wildman–Crippen MR) is 202 cm³/mol. The molecule has 0 fully saturated rings. The second kappa shape index (κ2) is 23.8. The summed E-state index contributed by atoms with van der Waals surface area (Å²) in [6.07, 6.45) is 13.9. The second-order valence-electron chi connectivity index (χ2n) is 13.2. The quantitative estimate of drug-likeness (QED) is 0.0840. The minimum Gasteiger partial charge on any atom is -0.493 e. The van der Waals surface area contributed by atoms with E-state index in [1.54, 1.807) is 0 Å². The van der Waals surface area contributed by atoms with E-state index in [9.17, 15) is 4.79 Å². The molecule has 0 aliphatic heterocycles. The predicted octanol–water partition coefficient (Wildman–Crippen LogP) is 11.2. The Bertz CT molecular complexity index is 1090. The maximum Gasteiger partial charge on any atom is 0.186 e. The zero-order valence-corrected chi connectivity index (χ0v) is 32.3.